The fourth-order valence-corrected chi connectivity index (χ4v) is 2.67. The van der Waals surface area contributed by atoms with Crippen molar-refractivity contribution < 1.29 is 14.8 Å². The maximum atomic E-state index is 9.42. The first-order valence-electron chi connectivity index (χ1n) is 6.01. The van der Waals surface area contributed by atoms with Gasteiger partial charge in [0.2, 0.25) is 0 Å². The van der Waals surface area contributed by atoms with Gasteiger partial charge in [0.1, 0.15) is 12.4 Å². The predicted octanol–water partition coefficient (Wildman–Crippen LogP) is 2.67. The van der Waals surface area contributed by atoms with E-state index in [-0.39, 0.29) is 0 Å². The van der Waals surface area contributed by atoms with Gasteiger partial charge in [0.25, 0.3) is 0 Å². The molecule has 0 unspecified atom stereocenters. The van der Waals surface area contributed by atoms with Gasteiger partial charge in [0.15, 0.2) is 0 Å². The first-order valence-corrected chi connectivity index (χ1v) is 7.18. The summed E-state index contributed by atoms with van der Waals surface area (Å²) in [5.41, 5.74) is 2.20. The molecule has 0 saturated heterocycles. The van der Waals surface area contributed by atoms with Crippen molar-refractivity contribution in [2.75, 3.05) is 0 Å². The number of benzene rings is 2. The van der Waals surface area contributed by atoms with Crippen molar-refractivity contribution in [1.82, 2.24) is 0 Å². The Bertz CT molecular complexity index is 602. The molecule has 0 amide bonds. The van der Waals surface area contributed by atoms with E-state index in [1.165, 1.54) is 0 Å². The molecule has 0 atom stereocenters. The molecule has 0 aromatic heterocycles. The number of hydrogen-bond acceptors (Lipinski definition) is 3. The largest absolute Gasteiger partial charge is 0.492 e. The Labute approximate surface area is 131 Å². The second-order valence-electron chi connectivity index (χ2n) is 4.45. The monoisotopic (exact) mass is 354 g/mol. The van der Waals surface area contributed by atoms with Crippen molar-refractivity contribution in [1.29, 1.82) is 0 Å². The van der Waals surface area contributed by atoms with Crippen LogP contribution in [0.5, 0.6) is 5.75 Å². The number of halogens is 2. The highest BCUT2D eigenvalue weighted by Crippen LogP contribution is 2.25. The van der Waals surface area contributed by atoms with Crippen LogP contribution in [0, 0.1) is 6.92 Å². The molecule has 2 N–H and O–H groups in total. The quantitative estimate of drug-likeness (QED) is 0.829. The van der Waals surface area contributed by atoms with Gasteiger partial charge < -0.3 is 14.8 Å². The first-order chi connectivity index (χ1) is 9.47. The molecular formula is C14H13BBrClO3. The molecule has 0 spiro atoms. The van der Waals surface area contributed by atoms with Gasteiger partial charge in [0.05, 0.1) is 4.47 Å². The van der Waals surface area contributed by atoms with Crippen LogP contribution in [-0.4, -0.2) is 17.2 Å². The summed E-state index contributed by atoms with van der Waals surface area (Å²) in [4.78, 5) is 0. The van der Waals surface area contributed by atoms with Crippen LogP contribution in [0.1, 0.15) is 11.1 Å². The molecular weight excluding hydrogens is 342 g/mol. The molecule has 0 aliphatic rings. The molecule has 2 rings (SSSR count). The number of hydrogen-bond donors (Lipinski definition) is 2. The molecule has 3 nitrogen and oxygen atoms in total. The van der Waals surface area contributed by atoms with Crippen molar-refractivity contribution in [3.63, 3.8) is 0 Å². The molecule has 0 heterocycles. The highest BCUT2D eigenvalue weighted by molar-refractivity contribution is 9.10. The van der Waals surface area contributed by atoms with Crippen LogP contribution in [0.4, 0.5) is 0 Å². The van der Waals surface area contributed by atoms with Crippen molar-refractivity contribution in [3.05, 3.63) is 57.0 Å². The summed E-state index contributed by atoms with van der Waals surface area (Å²) in [6, 6.07) is 10.8. The highest BCUT2D eigenvalue weighted by atomic mass is 79.9. The fraction of sp³-hybridized carbons (Fsp3) is 0.143. The van der Waals surface area contributed by atoms with Gasteiger partial charge in [-0.3, -0.25) is 0 Å². The van der Waals surface area contributed by atoms with Crippen LogP contribution in [0.15, 0.2) is 40.9 Å². The van der Waals surface area contributed by atoms with Crippen molar-refractivity contribution >= 4 is 40.1 Å². The summed E-state index contributed by atoms with van der Waals surface area (Å²) in [6.45, 7) is 2.19. The van der Waals surface area contributed by atoms with Crippen molar-refractivity contribution in [3.8, 4) is 5.75 Å². The topological polar surface area (TPSA) is 49.7 Å². The molecule has 0 saturated carbocycles. The van der Waals surface area contributed by atoms with E-state index in [1.54, 1.807) is 18.2 Å². The second-order valence-corrected chi connectivity index (χ2v) is 5.74. The van der Waals surface area contributed by atoms with E-state index in [2.05, 4.69) is 15.9 Å². The SMILES string of the molecule is Cc1cc(Br)c(OCc2ccc(Cl)cc2)c(B(O)O)c1. The highest BCUT2D eigenvalue weighted by Gasteiger charge is 2.20. The predicted molar refractivity (Wildman–Crippen MR) is 84.5 cm³/mol. The minimum absolute atomic E-state index is 0.318. The van der Waals surface area contributed by atoms with E-state index in [0.29, 0.717) is 27.3 Å². The summed E-state index contributed by atoms with van der Waals surface area (Å²) in [5, 5.41) is 19.5. The molecule has 104 valence electrons. The Hall–Kier alpha value is -1.01. The Morgan fingerprint density at radius 3 is 2.45 bits per heavy atom. The second kappa shape index (κ2) is 6.63. The molecule has 2 aromatic carbocycles. The van der Waals surface area contributed by atoms with Gasteiger partial charge in [-0.1, -0.05) is 35.4 Å². The zero-order chi connectivity index (χ0) is 14.7. The van der Waals surface area contributed by atoms with Gasteiger partial charge >= 0.3 is 7.12 Å². The lowest BCUT2D eigenvalue weighted by molar-refractivity contribution is 0.304. The average Bonchev–Trinajstić information content (AvgIpc) is 2.38. The summed E-state index contributed by atoms with van der Waals surface area (Å²) < 4.78 is 6.39. The molecule has 2 aromatic rings. The zero-order valence-corrected chi connectivity index (χ0v) is 13.1. The van der Waals surface area contributed by atoms with Crippen molar-refractivity contribution in [2.24, 2.45) is 0 Å². The molecule has 0 fully saturated rings. The Morgan fingerprint density at radius 1 is 1.20 bits per heavy atom. The number of rotatable bonds is 4. The van der Waals surface area contributed by atoms with Crippen LogP contribution in [0.2, 0.25) is 5.02 Å². The van der Waals surface area contributed by atoms with E-state index in [9.17, 15) is 10.0 Å². The normalized spacial score (nSPS) is 10.4. The molecule has 0 aliphatic heterocycles. The van der Waals surface area contributed by atoms with E-state index >= 15 is 0 Å². The van der Waals surface area contributed by atoms with E-state index in [1.807, 2.05) is 25.1 Å². The Balaban J connectivity index is 2.22. The minimum atomic E-state index is -1.58. The first kappa shape index (κ1) is 15.4. The number of ether oxygens (including phenoxy) is 1. The van der Waals surface area contributed by atoms with Gasteiger partial charge in [-0.2, -0.15) is 0 Å². The van der Waals surface area contributed by atoms with Crippen LogP contribution >= 0.6 is 27.5 Å². The van der Waals surface area contributed by atoms with Crippen LogP contribution in [0.3, 0.4) is 0 Å². The summed E-state index contributed by atoms with van der Waals surface area (Å²) in [6.07, 6.45) is 0. The third-order valence-corrected chi connectivity index (χ3v) is 3.63. The molecule has 0 aliphatic carbocycles. The van der Waals surface area contributed by atoms with Crippen LogP contribution in [-0.2, 0) is 6.61 Å². The fourth-order valence-electron chi connectivity index (χ4n) is 1.84. The standard InChI is InChI=1S/C14H13BBrClO3/c1-9-6-12(15(18)19)14(13(16)7-9)20-8-10-2-4-11(17)5-3-10/h2-7,18-19H,8H2,1H3. The van der Waals surface area contributed by atoms with E-state index in [0.717, 1.165) is 11.1 Å². The van der Waals surface area contributed by atoms with Gasteiger partial charge in [-0.15, -0.1) is 0 Å². The number of aryl methyl sites for hydroxylation is 1. The van der Waals surface area contributed by atoms with Crippen LogP contribution in [0.25, 0.3) is 0 Å². The summed E-state index contributed by atoms with van der Waals surface area (Å²) in [7, 11) is -1.58. The average molecular weight is 355 g/mol. The van der Waals surface area contributed by atoms with E-state index in [4.69, 9.17) is 16.3 Å². The minimum Gasteiger partial charge on any atom is -0.488 e. The lowest BCUT2D eigenvalue weighted by Gasteiger charge is -2.14. The van der Waals surface area contributed by atoms with Gasteiger partial charge in [-0.25, -0.2) is 0 Å². The van der Waals surface area contributed by atoms with Crippen molar-refractivity contribution in [2.45, 2.75) is 13.5 Å². The van der Waals surface area contributed by atoms with E-state index < -0.39 is 7.12 Å². The lowest BCUT2D eigenvalue weighted by Crippen LogP contribution is -2.32. The Kier molecular flexibility index (Phi) is 5.10. The molecule has 20 heavy (non-hydrogen) atoms. The third-order valence-electron chi connectivity index (χ3n) is 2.79. The van der Waals surface area contributed by atoms with Gasteiger partial charge in [-0.05, 0) is 46.6 Å². The summed E-state index contributed by atoms with van der Waals surface area (Å²) in [5.74, 6) is 0.431. The summed E-state index contributed by atoms with van der Waals surface area (Å²) >= 11 is 9.21. The Morgan fingerprint density at radius 2 is 1.85 bits per heavy atom. The molecule has 6 heteroatoms. The maximum Gasteiger partial charge on any atom is 0.492 e. The lowest BCUT2D eigenvalue weighted by atomic mass is 9.79. The zero-order valence-electron chi connectivity index (χ0n) is 10.8. The third kappa shape index (κ3) is 3.76. The smallest absolute Gasteiger partial charge is 0.488 e. The van der Waals surface area contributed by atoms with Crippen LogP contribution < -0.4 is 10.2 Å². The molecule has 0 bridgehead atoms. The molecule has 0 radical (unpaired) electrons. The maximum absolute atomic E-state index is 9.42. The van der Waals surface area contributed by atoms with Gasteiger partial charge in [0, 0.05) is 10.5 Å².